The summed E-state index contributed by atoms with van der Waals surface area (Å²) in [6.45, 7) is 3.54. The van der Waals surface area contributed by atoms with Crippen molar-refractivity contribution in [1.29, 1.82) is 0 Å². The van der Waals surface area contributed by atoms with E-state index in [1.807, 2.05) is 50.2 Å². The molecule has 0 aliphatic carbocycles. The lowest BCUT2D eigenvalue weighted by molar-refractivity contribution is -0.124. The van der Waals surface area contributed by atoms with Crippen molar-refractivity contribution in [2.45, 2.75) is 19.3 Å². The van der Waals surface area contributed by atoms with Crippen LogP contribution >= 0.6 is 0 Å². The predicted octanol–water partition coefficient (Wildman–Crippen LogP) is 2.22. The van der Waals surface area contributed by atoms with Gasteiger partial charge in [-0.3, -0.25) is 14.7 Å². The Bertz CT molecular complexity index is 1280. The number of rotatable bonds is 3. The van der Waals surface area contributed by atoms with Gasteiger partial charge in [0.05, 0.1) is 27.7 Å². The van der Waals surface area contributed by atoms with Crippen molar-refractivity contribution < 1.29 is 9.59 Å². The van der Waals surface area contributed by atoms with Crippen LogP contribution in [-0.2, 0) is 15.0 Å². The maximum absolute atomic E-state index is 12.8. The number of primary amides is 1. The molecule has 0 spiro atoms. The fourth-order valence-corrected chi connectivity index (χ4v) is 3.90. The van der Waals surface area contributed by atoms with E-state index >= 15 is 0 Å². The number of hydrogen-bond acceptors (Lipinski definition) is 4. The quantitative estimate of drug-likeness (QED) is 0.509. The molecule has 5 rings (SSSR count). The molecule has 4 aromatic rings. The highest BCUT2D eigenvalue weighted by atomic mass is 16.2. The van der Waals surface area contributed by atoms with Crippen LogP contribution < -0.4 is 10.6 Å². The summed E-state index contributed by atoms with van der Waals surface area (Å²) < 4.78 is 0. The highest BCUT2D eigenvalue weighted by Crippen LogP contribution is 2.43. The van der Waals surface area contributed by atoms with Gasteiger partial charge in [-0.15, -0.1) is 0 Å². The molecule has 8 nitrogen and oxygen atoms in total. The van der Waals surface area contributed by atoms with Crippen LogP contribution in [0.2, 0.25) is 0 Å². The first-order valence-electron chi connectivity index (χ1n) is 8.94. The molecule has 0 fully saturated rings. The highest BCUT2D eigenvalue weighted by Gasteiger charge is 2.44. The molecule has 0 radical (unpaired) electrons. The standard InChI is InChI=1S/C20H18N6O2/c1-20(2)11-7-13-14(8-15(11)26(19(20)28)9-16(21)27)23-18(22-13)17-10-5-3-4-6-12(10)24-25-17/h3-8H,9H2,1-2H3,(H2,21,27)(H,22,23)(H,24,25). The fraction of sp³-hybridized carbons (Fsp3) is 0.200. The number of carbonyl (C=O) groups is 2. The zero-order valence-corrected chi connectivity index (χ0v) is 15.4. The summed E-state index contributed by atoms with van der Waals surface area (Å²) in [5, 5.41) is 8.37. The minimum Gasteiger partial charge on any atom is -0.368 e. The number of anilines is 1. The van der Waals surface area contributed by atoms with Gasteiger partial charge in [0.1, 0.15) is 12.2 Å². The van der Waals surface area contributed by atoms with Crippen molar-refractivity contribution >= 4 is 39.4 Å². The molecule has 2 aromatic heterocycles. The van der Waals surface area contributed by atoms with Crippen molar-refractivity contribution in [2.75, 3.05) is 11.4 Å². The number of aromatic nitrogens is 4. The molecule has 0 bridgehead atoms. The Labute approximate surface area is 159 Å². The van der Waals surface area contributed by atoms with Gasteiger partial charge in [0.2, 0.25) is 11.8 Å². The Morgan fingerprint density at radius 3 is 2.79 bits per heavy atom. The Morgan fingerprint density at radius 1 is 1.21 bits per heavy atom. The van der Waals surface area contributed by atoms with E-state index in [4.69, 9.17) is 5.73 Å². The third-order valence-electron chi connectivity index (χ3n) is 5.35. The van der Waals surface area contributed by atoms with Gasteiger partial charge in [-0.2, -0.15) is 5.10 Å². The third-order valence-corrected chi connectivity index (χ3v) is 5.35. The van der Waals surface area contributed by atoms with Gasteiger partial charge in [-0.25, -0.2) is 4.98 Å². The second-order valence-electron chi connectivity index (χ2n) is 7.57. The molecule has 0 saturated heterocycles. The average Bonchev–Trinajstić information content (AvgIpc) is 3.31. The molecule has 140 valence electrons. The lowest BCUT2D eigenvalue weighted by Crippen LogP contribution is -2.41. The van der Waals surface area contributed by atoms with E-state index in [2.05, 4.69) is 20.2 Å². The van der Waals surface area contributed by atoms with E-state index in [0.29, 0.717) is 17.0 Å². The molecular weight excluding hydrogens is 356 g/mol. The first-order valence-corrected chi connectivity index (χ1v) is 8.94. The van der Waals surface area contributed by atoms with E-state index < -0.39 is 11.3 Å². The number of imidazole rings is 1. The van der Waals surface area contributed by atoms with Crippen molar-refractivity contribution in [3.63, 3.8) is 0 Å². The van der Waals surface area contributed by atoms with E-state index in [1.54, 1.807) is 0 Å². The number of carbonyl (C=O) groups excluding carboxylic acids is 2. The molecule has 0 unspecified atom stereocenters. The lowest BCUT2D eigenvalue weighted by Gasteiger charge is -2.18. The number of nitrogens with zero attached hydrogens (tertiary/aromatic N) is 3. The van der Waals surface area contributed by atoms with Gasteiger partial charge < -0.3 is 15.6 Å². The predicted molar refractivity (Wildman–Crippen MR) is 106 cm³/mol. The van der Waals surface area contributed by atoms with Gasteiger partial charge in [0.25, 0.3) is 0 Å². The fourth-order valence-electron chi connectivity index (χ4n) is 3.90. The summed E-state index contributed by atoms with van der Waals surface area (Å²) in [5.74, 6) is -0.0583. The number of aromatic amines is 2. The first-order chi connectivity index (χ1) is 13.4. The molecule has 8 heteroatoms. The molecular formula is C20H18N6O2. The SMILES string of the molecule is CC1(C)C(=O)N(CC(N)=O)c2cc3nc(-c4n[nH]c5ccccc45)[nH]c3cc21. The number of nitrogens with one attached hydrogen (secondary N) is 2. The minimum atomic E-state index is -0.747. The minimum absolute atomic E-state index is 0.146. The van der Waals surface area contributed by atoms with E-state index in [1.165, 1.54) is 4.90 Å². The van der Waals surface area contributed by atoms with E-state index in [0.717, 1.165) is 27.7 Å². The summed E-state index contributed by atoms with van der Waals surface area (Å²) in [4.78, 5) is 33.7. The number of fused-ring (bicyclic) bond motifs is 3. The molecule has 0 atom stereocenters. The van der Waals surface area contributed by atoms with Crippen LogP contribution in [0.4, 0.5) is 5.69 Å². The van der Waals surface area contributed by atoms with E-state index in [9.17, 15) is 9.59 Å². The van der Waals surface area contributed by atoms with Crippen LogP contribution in [0.3, 0.4) is 0 Å². The number of para-hydroxylation sites is 1. The van der Waals surface area contributed by atoms with Gasteiger partial charge >= 0.3 is 0 Å². The lowest BCUT2D eigenvalue weighted by atomic mass is 9.86. The van der Waals surface area contributed by atoms with E-state index in [-0.39, 0.29) is 12.5 Å². The number of H-pyrrole nitrogens is 2. The largest absolute Gasteiger partial charge is 0.368 e. The normalized spacial score (nSPS) is 15.5. The van der Waals surface area contributed by atoms with Gasteiger partial charge in [-0.05, 0) is 37.6 Å². The van der Waals surface area contributed by atoms with Crippen molar-refractivity contribution in [3.8, 4) is 11.5 Å². The summed E-state index contributed by atoms with van der Waals surface area (Å²) >= 11 is 0. The molecule has 28 heavy (non-hydrogen) atoms. The molecule has 3 heterocycles. The third kappa shape index (κ3) is 2.17. The van der Waals surface area contributed by atoms with Gasteiger partial charge in [-0.1, -0.05) is 18.2 Å². The Balaban J connectivity index is 1.69. The summed E-state index contributed by atoms with van der Waals surface area (Å²) in [7, 11) is 0. The zero-order valence-electron chi connectivity index (χ0n) is 15.4. The number of nitrogens with two attached hydrogens (primary N) is 1. The molecule has 2 aromatic carbocycles. The van der Waals surface area contributed by atoms with Crippen LogP contribution in [0.5, 0.6) is 0 Å². The van der Waals surface area contributed by atoms with Crippen LogP contribution in [0.1, 0.15) is 19.4 Å². The van der Waals surface area contributed by atoms with Crippen LogP contribution in [0.25, 0.3) is 33.5 Å². The zero-order chi connectivity index (χ0) is 19.6. The molecule has 0 saturated carbocycles. The number of amides is 2. The molecule has 1 aliphatic rings. The monoisotopic (exact) mass is 374 g/mol. The summed E-state index contributed by atoms with van der Waals surface area (Å²) in [6.07, 6.45) is 0. The summed E-state index contributed by atoms with van der Waals surface area (Å²) in [6, 6.07) is 11.6. The van der Waals surface area contributed by atoms with Crippen LogP contribution in [0, 0.1) is 0 Å². The maximum Gasteiger partial charge on any atom is 0.237 e. The molecule has 2 amide bonds. The number of hydrogen-bond donors (Lipinski definition) is 3. The van der Waals surface area contributed by atoms with Gasteiger partial charge in [0.15, 0.2) is 5.82 Å². The average molecular weight is 374 g/mol. The first kappa shape index (κ1) is 16.5. The smallest absolute Gasteiger partial charge is 0.237 e. The van der Waals surface area contributed by atoms with Crippen molar-refractivity contribution in [3.05, 3.63) is 42.0 Å². The Hall–Kier alpha value is -3.68. The molecule has 4 N–H and O–H groups in total. The Morgan fingerprint density at radius 2 is 2.00 bits per heavy atom. The van der Waals surface area contributed by atoms with Crippen LogP contribution in [0.15, 0.2) is 36.4 Å². The van der Waals surface area contributed by atoms with Crippen molar-refractivity contribution in [2.24, 2.45) is 5.73 Å². The number of benzene rings is 2. The summed E-state index contributed by atoms with van der Waals surface area (Å²) in [5.41, 5.74) is 9.28. The highest BCUT2D eigenvalue weighted by molar-refractivity contribution is 6.11. The topological polar surface area (TPSA) is 121 Å². The second-order valence-corrected chi connectivity index (χ2v) is 7.57. The second kappa shape index (κ2) is 5.41. The molecule has 1 aliphatic heterocycles. The van der Waals surface area contributed by atoms with Crippen LogP contribution in [-0.4, -0.2) is 38.5 Å². The van der Waals surface area contributed by atoms with Gasteiger partial charge in [0, 0.05) is 5.39 Å². The Kier molecular flexibility index (Phi) is 3.19. The van der Waals surface area contributed by atoms with Crippen molar-refractivity contribution in [1.82, 2.24) is 20.2 Å². The maximum atomic E-state index is 12.8.